The lowest BCUT2D eigenvalue weighted by Crippen LogP contribution is -2.50. The van der Waals surface area contributed by atoms with Crippen LogP contribution in [0.1, 0.15) is 50.5 Å². The van der Waals surface area contributed by atoms with Crippen molar-refractivity contribution < 1.29 is 13.9 Å². The molecule has 200 valence electrons. The Balaban J connectivity index is 1.25. The molecule has 2 N–H and O–H groups in total. The van der Waals surface area contributed by atoms with Crippen LogP contribution in [0.4, 0.5) is 15.9 Å². The Bertz CT molecular complexity index is 1290. The number of halogens is 1. The molecule has 1 unspecified atom stereocenters. The van der Waals surface area contributed by atoms with Crippen LogP contribution in [0, 0.1) is 17.1 Å². The van der Waals surface area contributed by atoms with Crippen LogP contribution < -0.4 is 20.1 Å². The standard InChI is InChI=1S/C29H35FN6O2/c1-37-27-16-23-26(33-19-34-29(23)35-25-8-7-20(18-31)15-24(25)30)17-28(27)38-14-4-6-21-5-2-3-13-36(21)22-9-11-32-12-10-22/h7-8,15-17,19,21-22,32H,2-6,9-14H2,1H3,(H,33,34,35). The lowest BCUT2D eigenvalue weighted by molar-refractivity contribution is 0.0679. The Hall–Kier alpha value is -3.48. The molecule has 2 aliphatic rings. The van der Waals surface area contributed by atoms with Crippen molar-refractivity contribution in [2.24, 2.45) is 0 Å². The first-order valence-electron chi connectivity index (χ1n) is 13.5. The van der Waals surface area contributed by atoms with E-state index >= 15 is 0 Å². The highest BCUT2D eigenvalue weighted by molar-refractivity contribution is 5.93. The van der Waals surface area contributed by atoms with Crippen molar-refractivity contribution in [2.75, 3.05) is 38.7 Å². The molecule has 2 aliphatic heterocycles. The van der Waals surface area contributed by atoms with Crippen molar-refractivity contribution in [3.05, 3.63) is 48.0 Å². The van der Waals surface area contributed by atoms with Gasteiger partial charge in [-0.25, -0.2) is 14.4 Å². The Labute approximate surface area is 223 Å². The van der Waals surface area contributed by atoms with E-state index in [9.17, 15) is 4.39 Å². The number of anilines is 2. The molecule has 0 saturated carbocycles. The molecule has 3 heterocycles. The Morgan fingerprint density at radius 2 is 2.00 bits per heavy atom. The number of rotatable bonds is 9. The zero-order valence-corrected chi connectivity index (χ0v) is 21.9. The third-order valence-electron chi connectivity index (χ3n) is 7.66. The van der Waals surface area contributed by atoms with Crippen molar-refractivity contribution in [1.82, 2.24) is 20.2 Å². The number of benzene rings is 2. The summed E-state index contributed by atoms with van der Waals surface area (Å²) in [5.41, 5.74) is 1.15. The summed E-state index contributed by atoms with van der Waals surface area (Å²) in [5.74, 6) is 1.12. The number of piperidine rings is 2. The van der Waals surface area contributed by atoms with Gasteiger partial charge in [0.05, 0.1) is 36.6 Å². The van der Waals surface area contributed by atoms with Crippen LogP contribution >= 0.6 is 0 Å². The van der Waals surface area contributed by atoms with Gasteiger partial charge in [-0.3, -0.25) is 4.90 Å². The van der Waals surface area contributed by atoms with Crippen LogP contribution in [0.15, 0.2) is 36.7 Å². The first-order valence-corrected chi connectivity index (χ1v) is 13.5. The van der Waals surface area contributed by atoms with Crippen LogP contribution in [0.3, 0.4) is 0 Å². The fourth-order valence-corrected chi connectivity index (χ4v) is 5.70. The Morgan fingerprint density at radius 1 is 1.13 bits per heavy atom. The van der Waals surface area contributed by atoms with Crippen molar-refractivity contribution in [3.8, 4) is 17.6 Å². The summed E-state index contributed by atoms with van der Waals surface area (Å²) in [6.07, 6.45) is 9.93. The second-order valence-corrected chi connectivity index (χ2v) is 10.0. The molecular formula is C29H35FN6O2. The zero-order valence-electron chi connectivity index (χ0n) is 21.9. The molecule has 0 radical (unpaired) electrons. The molecule has 9 heteroatoms. The van der Waals surface area contributed by atoms with E-state index < -0.39 is 5.82 Å². The predicted octanol–water partition coefficient (Wildman–Crippen LogP) is 5.16. The smallest absolute Gasteiger partial charge is 0.163 e. The van der Waals surface area contributed by atoms with Gasteiger partial charge in [0.2, 0.25) is 0 Å². The molecule has 0 spiro atoms. The Morgan fingerprint density at radius 3 is 2.79 bits per heavy atom. The van der Waals surface area contributed by atoms with Crippen molar-refractivity contribution in [2.45, 2.75) is 57.0 Å². The van der Waals surface area contributed by atoms with Crippen LogP contribution in [0.5, 0.6) is 11.5 Å². The molecule has 0 bridgehead atoms. The van der Waals surface area contributed by atoms with E-state index in [1.807, 2.05) is 18.2 Å². The highest BCUT2D eigenvalue weighted by Crippen LogP contribution is 2.35. The lowest BCUT2D eigenvalue weighted by Gasteiger charge is -2.43. The summed E-state index contributed by atoms with van der Waals surface area (Å²) in [7, 11) is 1.60. The SMILES string of the molecule is COc1cc2c(Nc3ccc(C#N)cc3F)ncnc2cc1OCCCC1CCCCN1C1CCNCC1. The molecular weight excluding hydrogens is 483 g/mol. The number of fused-ring (bicyclic) bond motifs is 1. The van der Waals surface area contributed by atoms with Crippen LogP contribution in [-0.4, -0.2) is 60.3 Å². The van der Waals surface area contributed by atoms with E-state index in [-0.39, 0.29) is 11.3 Å². The minimum atomic E-state index is -0.528. The van der Waals surface area contributed by atoms with Crippen LogP contribution in [0.25, 0.3) is 10.9 Å². The third kappa shape index (κ3) is 5.98. The molecule has 2 aromatic carbocycles. The van der Waals surface area contributed by atoms with Gasteiger partial charge in [-0.2, -0.15) is 5.26 Å². The lowest BCUT2D eigenvalue weighted by atomic mass is 9.93. The fourth-order valence-electron chi connectivity index (χ4n) is 5.70. The number of nitrogens with one attached hydrogen (secondary N) is 2. The van der Waals surface area contributed by atoms with Gasteiger partial charge in [0.1, 0.15) is 18.0 Å². The number of hydrogen-bond donors (Lipinski definition) is 2. The van der Waals surface area contributed by atoms with E-state index in [0.29, 0.717) is 46.9 Å². The Kier molecular flexibility index (Phi) is 8.51. The van der Waals surface area contributed by atoms with Crippen molar-refractivity contribution >= 4 is 22.4 Å². The minimum Gasteiger partial charge on any atom is -0.493 e. The number of nitriles is 1. The zero-order chi connectivity index (χ0) is 26.3. The molecule has 0 amide bonds. The third-order valence-corrected chi connectivity index (χ3v) is 7.66. The average Bonchev–Trinajstić information content (AvgIpc) is 2.96. The summed E-state index contributed by atoms with van der Waals surface area (Å²) in [5, 5.41) is 16.2. The van der Waals surface area contributed by atoms with Crippen LogP contribution in [-0.2, 0) is 0 Å². The maximum atomic E-state index is 14.5. The topological polar surface area (TPSA) is 95.3 Å². The maximum absolute atomic E-state index is 14.5. The number of ether oxygens (including phenoxy) is 2. The van der Waals surface area contributed by atoms with Crippen molar-refractivity contribution in [1.29, 1.82) is 5.26 Å². The molecule has 2 fully saturated rings. The molecule has 8 nitrogen and oxygen atoms in total. The van der Waals surface area contributed by atoms with Gasteiger partial charge in [-0.15, -0.1) is 0 Å². The molecule has 1 atom stereocenters. The van der Waals surface area contributed by atoms with Gasteiger partial charge < -0.3 is 20.1 Å². The van der Waals surface area contributed by atoms with Gasteiger partial charge in [-0.05, 0) is 82.4 Å². The second-order valence-electron chi connectivity index (χ2n) is 10.0. The highest BCUT2D eigenvalue weighted by atomic mass is 19.1. The normalized spacial score (nSPS) is 18.7. The van der Waals surface area contributed by atoms with Gasteiger partial charge in [0.15, 0.2) is 11.5 Å². The van der Waals surface area contributed by atoms with Crippen molar-refractivity contribution in [3.63, 3.8) is 0 Å². The first kappa shape index (κ1) is 26.1. The molecule has 5 rings (SSSR count). The quantitative estimate of drug-likeness (QED) is 0.375. The van der Waals surface area contributed by atoms with Gasteiger partial charge >= 0.3 is 0 Å². The van der Waals surface area contributed by atoms with E-state index in [4.69, 9.17) is 14.7 Å². The fraction of sp³-hybridized carbons (Fsp3) is 0.483. The molecule has 3 aromatic rings. The number of methoxy groups -OCH3 is 1. The summed E-state index contributed by atoms with van der Waals surface area (Å²) >= 11 is 0. The first-order chi connectivity index (χ1) is 18.7. The number of nitrogens with zero attached hydrogens (tertiary/aromatic N) is 4. The molecule has 2 saturated heterocycles. The van der Waals surface area contributed by atoms with Crippen LogP contribution in [0.2, 0.25) is 0 Å². The molecule has 1 aromatic heterocycles. The van der Waals surface area contributed by atoms with E-state index in [2.05, 4.69) is 25.5 Å². The largest absolute Gasteiger partial charge is 0.493 e. The molecule has 38 heavy (non-hydrogen) atoms. The predicted molar refractivity (Wildman–Crippen MR) is 145 cm³/mol. The number of hydrogen-bond acceptors (Lipinski definition) is 8. The van der Waals surface area contributed by atoms with E-state index in [1.54, 1.807) is 13.2 Å². The number of likely N-dealkylation sites (tertiary alicyclic amines) is 1. The summed E-state index contributed by atoms with van der Waals surface area (Å²) in [6, 6.07) is 11.2. The maximum Gasteiger partial charge on any atom is 0.163 e. The number of aromatic nitrogens is 2. The summed E-state index contributed by atoms with van der Waals surface area (Å²) in [6.45, 7) is 4.08. The summed E-state index contributed by atoms with van der Waals surface area (Å²) < 4.78 is 26.3. The summed E-state index contributed by atoms with van der Waals surface area (Å²) in [4.78, 5) is 11.5. The highest BCUT2D eigenvalue weighted by Gasteiger charge is 2.29. The molecule has 0 aliphatic carbocycles. The average molecular weight is 519 g/mol. The van der Waals surface area contributed by atoms with Gasteiger partial charge in [-0.1, -0.05) is 6.42 Å². The van der Waals surface area contributed by atoms with Gasteiger partial charge in [0.25, 0.3) is 0 Å². The minimum absolute atomic E-state index is 0.226. The van der Waals surface area contributed by atoms with Gasteiger partial charge in [0, 0.05) is 23.5 Å². The van der Waals surface area contributed by atoms with E-state index in [0.717, 1.165) is 25.9 Å². The second kappa shape index (κ2) is 12.4. The van der Waals surface area contributed by atoms with E-state index in [1.165, 1.54) is 57.1 Å². The monoisotopic (exact) mass is 518 g/mol.